The van der Waals surface area contributed by atoms with Crippen molar-refractivity contribution in [2.75, 3.05) is 5.32 Å². The van der Waals surface area contributed by atoms with Gasteiger partial charge in [0.25, 0.3) is 0 Å². The van der Waals surface area contributed by atoms with Crippen molar-refractivity contribution in [2.24, 2.45) is 0 Å². The molecular formula is C18H24N4O. The summed E-state index contributed by atoms with van der Waals surface area (Å²) >= 11 is 0. The van der Waals surface area contributed by atoms with E-state index in [2.05, 4.69) is 34.8 Å². The zero-order valence-electron chi connectivity index (χ0n) is 13.7. The fourth-order valence-corrected chi connectivity index (χ4v) is 3.29. The van der Waals surface area contributed by atoms with Gasteiger partial charge in [0.05, 0.1) is 11.4 Å². The molecule has 1 aromatic heterocycles. The highest BCUT2D eigenvalue weighted by Gasteiger charge is 2.22. The van der Waals surface area contributed by atoms with E-state index in [1.165, 1.54) is 0 Å². The quantitative estimate of drug-likeness (QED) is 0.912. The molecule has 1 aliphatic carbocycles. The normalized spacial score (nSPS) is 21.0. The van der Waals surface area contributed by atoms with E-state index in [9.17, 15) is 4.79 Å². The first-order valence-electron chi connectivity index (χ1n) is 8.27. The van der Waals surface area contributed by atoms with Gasteiger partial charge in [0.1, 0.15) is 0 Å². The number of amides is 1. The van der Waals surface area contributed by atoms with Crippen molar-refractivity contribution in [2.45, 2.75) is 51.6 Å². The van der Waals surface area contributed by atoms with Crippen LogP contribution in [-0.2, 0) is 4.79 Å². The zero-order valence-corrected chi connectivity index (χ0v) is 13.7. The fourth-order valence-electron chi connectivity index (χ4n) is 3.29. The molecule has 0 saturated heterocycles. The van der Waals surface area contributed by atoms with Gasteiger partial charge in [-0.15, -0.1) is 0 Å². The van der Waals surface area contributed by atoms with Gasteiger partial charge in [-0.3, -0.25) is 4.79 Å². The topological polar surface area (TPSA) is 59.0 Å². The molecular weight excluding hydrogens is 288 g/mol. The third-order valence-corrected chi connectivity index (χ3v) is 4.46. The van der Waals surface area contributed by atoms with Gasteiger partial charge in [0, 0.05) is 30.9 Å². The van der Waals surface area contributed by atoms with E-state index >= 15 is 0 Å². The predicted octanol–water partition coefficient (Wildman–Crippen LogP) is 3.04. The lowest BCUT2D eigenvalue weighted by Gasteiger charge is -2.30. The average molecular weight is 312 g/mol. The second-order valence-electron chi connectivity index (χ2n) is 6.29. The molecule has 5 heteroatoms. The van der Waals surface area contributed by atoms with Gasteiger partial charge in [-0.25, -0.2) is 4.68 Å². The van der Waals surface area contributed by atoms with E-state index in [0.29, 0.717) is 12.1 Å². The van der Waals surface area contributed by atoms with Crippen LogP contribution in [0.2, 0.25) is 0 Å². The number of aryl methyl sites for hydroxylation is 1. The van der Waals surface area contributed by atoms with Gasteiger partial charge >= 0.3 is 0 Å². The number of nitrogens with one attached hydrogen (secondary N) is 2. The second kappa shape index (κ2) is 6.86. The Balaban J connectivity index is 1.68. The molecule has 1 saturated carbocycles. The van der Waals surface area contributed by atoms with Gasteiger partial charge in [0.15, 0.2) is 0 Å². The molecule has 0 aliphatic heterocycles. The van der Waals surface area contributed by atoms with Crippen molar-refractivity contribution in [3.05, 3.63) is 42.2 Å². The van der Waals surface area contributed by atoms with E-state index in [-0.39, 0.29) is 5.91 Å². The molecule has 1 aliphatic rings. The number of nitrogens with zero attached hydrogens (tertiary/aromatic N) is 2. The van der Waals surface area contributed by atoms with Gasteiger partial charge in [-0.1, -0.05) is 12.1 Å². The predicted molar refractivity (Wildman–Crippen MR) is 91.8 cm³/mol. The molecule has 0 bridgehead atoms. The summed E-state index contributed by atoms with van der Waals surface area (Å²) in [6.07, 6.45) is 6.01. The van der Waals surface area contributed by atoms with Crippen LogP contribution in [0.5, 0.6) is 0 Å². The Morgan fingerprint density at radius 1 is 1.13 bits per heavy atom. The van der Waals surface area contributed by atoms with Crippen molar-refractivity contribution in [3.8, 4) is 5.69 Å². The van der Waals surface area contributed by atoms with Gasteiger partial charge in [0.2, 0.25) is 5.91 Å². The summed E-state index contributed by atoms with van der Waals surface area (Å²) in [5, 5.41) is 11.1. The number of benzene rings is 1. The zero-order chi connectivity index (χ0) is 16.2. The SMILES string of the molecule is CC(=O)NC1CCC(Nc2ccccc2-n2nccc2C)CC1. The Labute approximate surface area is 137 Å². The Morgan fingerprint density at radius 2 is 1.83 bits per heavy atom. The monoisotopic (exact) mass is 312 g/mol. The largest absolute Gasteiger partial charge is 0.381 e. The van der Waals surface area contributed by atoms with Crippen LogP contribution >= 0.6 is 0 Å². The van der Waals surface area contributed by atoms with Crippen molar-refractivity contribution in [1.29, 1.82) is 0 Å². The molecule has 2 N–H and O–H groups in total. The molecule has 0 radical (unpaired) electrons. The van der Waals surface area contributed by atoms with E-state index in [1.807, 2.05) is 29.1 Å². The summed E-state index contributed by atoms with van der Waals surface area (Å²) in [5.74, 6) is 0.0703. The Kier molecular flexibility index (Phi) is 4.65. The summed E-state index contributed by atoms with van der Waals surface area (Å²) in [7, 11) is 0. The maximum absolute atomic E-state index is 11.2. The van der Waals surface area contributed by atoms with E-state index in [1.54, 1.807) is 6.92 Å². The van der Waals surface area contributed by atoms with Crippen LogP contribution in [0, 0.1) is 6.92 Å². The number of anilines is 1. The number of carbonyl (C=O) groups is 1. The molecule has 5 nitrogen and oxygen atoms in total. The third kappa shape index (κ3) is 3.73. The minimum atomic E-state index is 0.0703. The van der Waals surface area contributed by atoms with Crippen LogP contribution in [0.15, 0.2) is 36.5 Å². The summed E-state index contributed by atoms with van der Waals surface area (Å²) in [5.41, 5.74) is 3.31. The maximum atomic E-state index is 11.2. The number of para-hydroxylation sites is 2. The second-order valence-corrected chi connectivity index (χ2v) is 6.29. The smallest absolute Gasteiger partial charge is 0.217 e. The van der Waals surface area contributed by atoms with Crippen LogP contribution in [0.25, 0.3) is 5.69 Å². The summed E-state index contributed by atoms with van der Waals surface area (Å²) in [6, 6.07) is 11.1. The van der Waals surface area contributed by atoms with Crippen molar-refractivity contribution < 1.29 is 4.79 Å². The first kappa shape index (κ1) is 15.6. The summed E-state index contributed by atoms with van der Waals surface area (Å²) in [4.78, 5) is 11.2. The van der Waals surface area contributed by atoms with E-state index < -0.39 is 0 Å². The van der Waals surface area contributed by atoms with Crippen molar-refractivity contribution in [3.63, 3.8) is 0 Å². The molecule has 1 aromatic carbocycles. The molecule has 122 valence electrons. The van der Waals surface area contributed by atoms with Crippen LogP contribution < -0.4 is 10.6 Å². The fraction of sp³-hybridized carbons (Fsp3) is 0.444. The molecule has 1 amide bonds. The van der Waals surface area contributed by atoms with Crippen LogP contribution in [-0.4, -0.2) is 27.8 Å². The molecule has 23 heavy (non-hydrogen) atoms. The van der Waals surface area contributed by atoms with Crippen molar-refractivity contribution in [1.82, 2.24) is 15.1 Å². The first-order chi connectivity index (χ1) is 11.1. The van der Waals surface area contributed by atoms with Gasteiger partial charge in [-0.2, -0.15) is 5.10 Å². The van der Waals surface area contributed by atoms with E-state index in [0.717, 1.165) is 42.8 Å². The first-order valence-corrected chi connectivity index (χ1v) is 8.27. The highest BCUT2D eigenvalue weighted by Crippen LogP contribution is 2.26. The van der Waals surface area contributed by atoms with Crippen LogP contribution in [0.1, 0.15) is 38.3 Å². The molecule has 2 aromatic rings. The number of hydrogen-bond donors (Lipinski definition) is 2. The summed E-state index contributed by atoms with van der Waals surface area (Å²) in [6.45, 7) is 3.65. The van der Waals surface area contributed by atoms with Crippen molar-refractivity contribution >= 4 is 11.6 Å². The summed E-state index contributed by atoms with van der Waals surface area (Å²) < 4.78 is 1.96. The van der Waals surface area contributed by atoms with E-state index in [4.69, 9.17) is 0 Å². The third-order valence-electron chi connectivity index (χ3n) is 4.46. The Hall–Kier alpha value is -2.30. The lowest BCUT2D eigenvalue weighted by molar-refractivity contribution is -0.119. The van der Waals surface area contributed by atoms with Crippen LogP contribution in [0.3, 0.4) is 0 Å². The lowest BCUT2D eigenvalue weighted by atomic mass is 9.91. The number of carbonyl (C=O) groups excluding carboxylic acids is 1. The molecule has 0 atom stereocenters. The van der Waals surface area contributed by atoms with Gasteiger partial charge in [-0.05, 0) is 50.8 Å². The van der Waals surface area contributed by atoms with Crippen LogP contribution in [0.4, 0.5) is 5.69 Å². The average Bonchev–Trinajstić information content (AvgIpc) is 2.95. The number of rotatable bonds is 4. The minimum Gasteiger partial charge on any atom is -0.381 e. The maximum Gasteiger partial charge on any atom is 0.217 e. The molecule has 0 unspecified atom stereocenters. The number of aromatic nitrogens is 2. The Morgan fingerprint density at radius 3 is 2.48 bits per heavy atom. The molecule has 3 rings (SSSR count). The molecule has 1 fully saturated rings. The minimum absolute atomic E-state index is 0.0703. The van der Waals surface area contributed by atoms with Gasteiger partial charge < -0.3 is 10.6 Å². The standard InChI is InChI=1S/C18H24N4O/c1-13-11-12-19-22(13)18-6-4-3-5-17(18)21-16-9-7-15(8-10-16)20-14(2)23/h3-6,11-12,15-16,21H,7-10H2,1-2H3,(H,20,23). The molecule has 0 spiro atoms. The number of hydrogen-bond acceptors (Lipinski definition) is 3. The molecule has 1 heterocycles. The highest BCUT2D eigenvalue weighted by atomic mass is 16.1. The highest BCUT2D eigenvalue weighted by molar-refractivity contribution is 5.73. The lowest BCUT2D eigenvalue weighted by Crippen LogP contribution is -2.39. The Bertz CT molecular complexity index is 671.